The van der Waals surface area contributed by atoms with Crippen molar-refractivity contribution in [2.75, 3.05) is 45.8 Å². The molecule has 2 fully saturated rings. The van der Waals surface area contributed by atoms with Crippen molar-refractivity contribution in [3.8, 4) is 0 Å². The van der Waals surface area contributed by atoms with E-state index in [1.165, 1.54) is 77.1 Å². The summed E-state index contributed by atoms with van der Waals surface area (Å²) in [5, 5.41) is 3.85. The molecule has 1 N–H and O–H groups in total. The Balaban J connectivity index is 1.30. The summed E-state index contributed by atoms with van der Waals surface area (Å²) in [7, 11) is 0. The summed E-state index contributed by atoms with van der Waals surface area (Å²) < 4.78 is 0. The van der Waals surface area contributed by atoms with Gasteiger partial charge >= 0.3 is 0 Å². The molecule has 0 saturated carbocycles. The lowest BCUT2D eigenvalue weighted by Gasteiger charge is -2.33. The summed E-state index contributed by atoms with van der Waals surface area (Å²) in [5.74, 6) is 0.881. The molecule has 1 aromatic rings. The Morgan fingerprint density at radius 1 is 1.00 bits per heavy atom. The Morgan fingerprint density at radius 2 is 1.74 bits per heavy atom. The van der Waals surface area contributed by atoms with Crippen molar-refractivity contribution in [1.82, 2.24) is 15.1 Å². The minimum atomic E-state index is 0.749. The van der Waals surface area contributed by atoms with Gasteiger partial charge in [-0.3, -0.25) is 0 Å². The van der Waals surface area contributed by atoms with Crippen LogP contribution in [-0.2, 0) is 6.42 Å². The number of hydrogen-bond donors (Lipinski definition) is 1. The molecule has 2 aliphatic rings. The fraction of sp³-hybridized carbons (Fsp3) is 0.700. The summed E-state index contributed by atoms with van der Waals surface area (Å²) in [6, 6.07) is 11.6. The highest BCUT2D eigenvalue weighted by Gasteiger charge is 2.23. The molecule has 1 atom stereocenters. The molecular weight excluding hydrogens is 282 g/mol. The van der Waals surface area contributed by atoms with Gasteiger partial charge in [0.05, 0.1) is 0 Å². The molecular formula is C20H33N3. The van der Waals surface area contributed by atoms with Gasteiger partial charge in [-0.25, -0.2) is 0 Å². The first-order valence-electron chi connectivity index (χ1n) is 9.55. The van der Waals surface area contributed by atoms with Gasteiger partial charge in [-0.1, -0.05) is 37.3 Å². The van der Waals surface area contributed by atoms with Gasteiger partial charge in [-0.2, -0.15) is 0 Å². The highest BCUT2D eigenvalue weighted by Crippen LogP contribution is 2.16. The number of rotatable bonds is 7. The maximum atomic E-state index is 3.85. The van der Waals surface area contributed by atoms with Crippen molar-refractivity contribution in [3.63, 3.8) is 0 Å². The van der Waals surface area contributed by atoms with Crippen molar-refractivity contribution >= 4 is 0 Å². The molecule has 0 amide bonds. The molecule has 0 radical (unpaired) electrons. The Bertz CT molecular complexity index is 439. The molecule has 0 bridgehead atoms. The highest BCUT2D eigenvalue weighted by atomic mass is 15.2. The summed E-state index contributed by atoms with van der Waals surface area (Å²) in [6.07, 6.45) is 5.21. The van der Waals surface area contributed by atoms with E-state index in [1.54, 1.807) is 0 Å². The molecule has 1 aromatic carbocycles. The van der Waals surface area contributed by atoms with Crippen LogP contribution in [0.1, 0.15) is 31.7 Å². The normalized spacial score (nSPS) is 24.3. The van der Waals surface area contributed by atoms with Crippen molar-refractivity contribution in [3.05, 3.63) is 35.9 Å². The largest absolute Gasteiger partial charge is 0.314 e. The van der Waals surface area contributed by atoms with Crippen LogP contribution >= 0.6 is 0 Å². The molecule has 0 spiro atoms. The van der Waals surface area contributed by atoms with Crippen LogP contribution in [0.5, 0.6) is 0 Å². The maximum absolute atomic E-state index is 3.85. The van der Waals surface area contributed by atoms with Crippen molar-refractivity contribution in [2.24, 2.45) is 5.92 Å². The van der Waals surface area contributed by atoms with E-state index in [-0.39, 0.29) is 0 Å². The quantitative estimate of drug-likeness (QED) is 0.834. The van der Waals surface area contributed by atoms with Crippen LogP contribution in [0.25, 0.3) is 0 Å². The number of likely N-dealkylation sites (tertiary alicyclic amines) is 2. The zero-order valence-corrected chi connectivity index (χ0v) is 14.7. The van der Waals surface area contributed by atoms with Crippen molar-refractivity contribution in [1.29, 1.82) is 0 Å². The van der Waals surface area contributed by atoms with Crippen LogP contribution in [0.3, 0.4) is 0 Å². The fourth-order valence-electron chi connectivity index (χ4n) is 3.99. The minimum absolute atomic E-state index is 0.749. The lowest BCUT2D eigenvalue weighted by molar-refractivity contribution is 0.196. The lowest BCUT2D eigenvalue weighted by Crippen LogP contribution is -2.44. The number of hydrogen-bond acceptors (Lipinski definition) is 3. The molecule has 3 nitrogen and oxygen atoms in total. The Hall–Kier alpha value is -0.900. The van der Waals surface area contributed by atoms with E-state index in [0.29, 0.717) is 0 Å². The third-order valence-electron chi connectivity index (χ3n) is 5.66. The lowest BCUT2D eigenvalue weighted by atomic mass is 10.0. The molecule has 2 aliphatic heterocycles. The predicted octanol–water partition coefficient (Wildman–Crippen LogP) is 2.62. The van der Waals surface area contributed by atoms with E-state index in [2.05, 4.69) is 52.4 Å². The zero-order valence-electron chi connectivity index (χ0n) is 14.7. The van der Waals surface area contributed by atoms with Crippen LogP contribution in [0.2, 0.25) is 0 Å². The van der Waals surface area contributed by atoms with Crippen molar-refractivity contribution in [2.45, 2.75) is 38.6 Å². The van der Waals surface area contributed by atoms with E-state index >= 15 is 0 Å². The van der Waals surface area contributed by atoms with Gasteiger partial charge in [0.25, 0.3) is 0 Å². The second-order valence-corrected chi connectivity index (χ2v) is 7.31. The number of benzene rings is 1. The maximum Gasteiger partial charge on any atom is 0.00915 e. The molecule has 0 unspecified atom stereocenters. The number of nitrogens with zero attached hydrogens (tertiary/aromatic N) is 2. The standard InChI is InChI=1S/C20H33N3/c1-2-22-12-9-19(17-22)16-21-20-10-14-23(15-11-20)13-8-18-6-4-3-5-7-18/h3-7,19-21H,2,8-17H2,1H3/t19-/m0/s1. The van der Waals surface area contributed by atoms with E-state index < -0.39 is 0 Å². The Kier molecular flexibility index (Phi) is 6.49. The van der Waals surface area contributed by atoms with Crippen molar-refractivity contribution < 1.29 is 0 Å². The highest BCUT2D eigenvalue weighted by molar-refractivity contribution is 5.14. The number of piperidine rings is 1. The SMILES string of the molecule is CCN1CC[C@@H](CNC2CCN(CCc3ccccc3)CC2)C1. The van der Waals surface area contributed by atoms with E-state index in [9.17, 15) is 0 Å². The molecule has 0 aromatic heterocycles. The second kappa shape index (κ2) is 8.81. The van der Waals surface area contributed by atoms with Gasteiger partial charge in [-0.05, 0) is 69.9 Å². The topological polar surface area (TPSA) is 18.5 Å². The number of nitrogens with one attached hydrogen (secondary N) is 1. The second-order valence-electron chi connectivity index (χ2n) is 7.31. The summed E-state index contributed by atoms with van der Waals surface area (Å²) in [5.41, 5.74) is 1.47. The molecule has 3 heteroatoms. The zero-order chi connectivity index (χ0) is 15.9. The van der Waals surface area contributed by atoms with E-state index in [1.807, 2.05) is 0 Å². The summed E-state index contributed by atoms with van der Waals surface area (Å²) in [6.45, 7) is 11.1. The average Bonchev–Trinajstić information content (AvgIpc) is 3.08. The monoisotopic (exact) mass is 315 g/mol. The van der Waals surface area contributed by atoms with Gasteiger partial charge < -0.3 is 15.1 Å². The van der Waals surface area contributed by atoms with Gasteiger partial charge in [0, 0.05) is 19.1 Å². The van der Waals surface area contributed by atoms with E-state index in [4.69, 9.17) is 0 Å². The Labute approximate surface area is 142 Å². The van der Waals surface area contributed by atoms with Crippen LogP contribution < -0.4 is 5.32 Å². The van der Waals surface area contributed by atoms with Gasteiger partial charge in [0.2, 0.25) is 0 Å². The molecule has 0 aliphatic carbocycles. The van der Waals surface area contributed by atoms with Crippen LogP contribution in [0.15, 0.2) is 30.3 Å². The van der Waals surface area contributed by atoms with Gasteiger partial charge in [0.1, 0.15) is 0 Å². The third kappa shape index (κ3) is 5.30. The molecule has 2 saturated heterocycles. The first-order valence-corrected chi connectivity index (χ1v) is 9.55. The fourth-order valence-corrected chi connectivity index (χ4v) is 3.99. The van der Waals surface area contributed by atoms with Crippen LogP contribution in [0, 0.1) is 5.92 Å². The molecule has 128 valence electrons. The van der Waals surface area contributed by atoms with Crippen LogP contribution in [-0.4, -0.2) is 61.7 Å². The minimum Gasteiger partial charge on any atom is -0.314 e. The van der Waals surface area contributed by atoms with Gasteiger partial charge in [-0.15, -0.1) is 0 Å². The Morgan fingerprint density at radius 3 is 2.43 bits per heavy atom. The molecule has 2 heterocycles. The summed E-state index contributed by atoms with van der Waals surface area (Å²) >= 11 is 0. The first kappa shape index (κ1) is 16.9. The molecule has 23 heavy (non-hydrogen) atoms. The first-order chi connectivity index (χ1) is 11.3. The van der Waals surface area contributed by atoms with Gasteiger partial charge in [0.15, 0.2) is 0 Å². The predicted molar refractivity (Wildman–Crippen MR) is 97.8 cm³/mol. The summed E-state index contributed by atoms with van der Waals surface area (Å²) in [4.78, 5) is 5.22. The van der Waals surface area contributed by atoms with Crippen LogP contribution in [0.4, 0.5) is 0 Å². The molecule has 3 rings (SSSR count). The smallest absolute Gasteiger partial charge is 0.00915 e. The average molecular weight is 316 g/mol. The third-order valence-corrected chi connectivity index (χ3v) is 5.66. The van der Waals surface area contributed by atoms with E-state index in [0.717, 1.165) is 12.0 Å².